The molecule has 370 valence electrons. The summed E-state index contributed by atoms with van der Waals surface area (Å²) in [5.74, 6) is 0.747. The molecule has 70 heavy (non-hydrogen) atoms. The highest BCUT2D eigenvalue weighted by molar-refractivity contribution is 7.91. The van der Waals surface area contributed by atoms with E-state index in [-0.39, 0.29) is 27.7 Å². The minimum Gasteiger partial charge on any atom is -0.497 e. The van der Waals surface area contributed by atoms with Crippen LogP contribution in [0.15, 0.2) is 83.1 Å². The van der Waals surface area contributed by atoms with E-state index in [0.29, 0.717) is 47.9 Å². The monoisotopic (exact) mass is 990 g/mol. The molecule has 6 N–H and O–H groups in total. The van der Waals surface area contributed by atoms with Gasteiger partial charge in [0.2, 0.25) is 17.8 Å². The van der Waals surface area contributed by atoms with Crippen LogP contribution in [-0.2, 0) is 9.84 Å². The van der Waals surface area contributed by atoms with Crippen molar-refractivity contribution in [3.05, 3.63) is 101 Å². The summed E-state index contributed by atoms with van der Waals surface area (Å²) in [6.45, 7) is 12.6. The number of rotatable bonds is 14. The number of carbonyl (C=O) groups is 3. The van der Waals surface area contributed by atoms with Gasteiger partial charge in [-0.25, -0.2) is 38.3 Å². The Morgan fingerprint density at radius 1 is 0.614 bits per heavy atom. The topological polar surface area (TPSA) is 260 Å². The zero-order valence-corrected chi connectivity index (χ0v) is 42.1. The standard InChI is InChI=1S/C18H22N4O2.C17H22N4O3S.C15H18N4OS/c1-24-14-8-6-13(7-9-14)15-12-16(17(19)23)21-18(20-15)22-10-4-2-3-5-11-22;1-4-21(5-2)17-19-14(11-15(20-17)16(18)22)12-7-9-13(10-8-12)25(23,24)6-3;1-10-7-13(21-9-10)11-8-12(14(16)20)18-15(17-11)19-5-3-2-4-6-19/h6-9,12H,2-5,10-11H2,1H3,(H2,19,23);7-11H,4-6H2,1-3H3,(H2,18,22);7-9H,2-6H2,1H3,(H2,16,20). The molecule has 0 bridgehead atoms. The lowest BCUT2D eigenvalue weighted by Crippen LogP contribution is -2.31. The average molecular weight is 991 g/mol. The zero-order valence-electron chi connectivity index (χ0n) is 40.4. The Balaban J connectivity index is 0.000000173. The summed E-state index contributed by atoms with van der Waals surface area (Å²) in [6.07, 6.45) is 8.18. The minimum atomic E-state index is -3.26. The van der Waals surface area contributed by atoms with Crippen molar-refractivity contribution in [2.75, 3.05) is 66.8 Å². The van der Waals surface area contributed by atoms with E-state index < -0.39 is 27.6 Å². The highest BCUT2D eigenvalue weighted by Gasteiger charge is 2.20. The van der Waals surface area contributed by atoms with Gasteiger partial charge in [-0.15, -0.1) is 11.3 Å². The lowest BCUT2D eigenvalue weighted by Gasteiger charge is -2.27. The summed E-state index contributed by atoms with van der Waals surface area (Å²) in [5.41, 5.74) is 21.7. The van der Waals surface area contributed by atoms with Crippen LogP contribution in [0.25, 0.3) is 33.1 Å². The molecule has 0 atom stereocenters. The van der Waals surface area contributed by atoms with Crippen LogP contribution in [0, 0.1) is 6.92 Å². The number of carbonyl (C=O) groups excluding carboxylic acids is 3. The lowest BCUT2D eigenvalue weighted by atomic mass is 10.1. The van der Waals surface area contributed by atoms with Crippen molar-refractivity contribution in [2.24, 2.45) is 17.2 Å². The second-order valence-corrected chi connectivity index (χ2v) is 19.9. The van der Waals surface area contributed by atoms with E-state index in [1.165, 1.54) is 43.0 Å². The fraction of sp³-hybridized carbons (Fsp3) is 0.380. The van der Waals surface area contributed by atoms with Gasteiger partial charge in [0.1, 0.15) is 22.8 Å². The average Bonchev–Trinajstić information content (AvgIpc) is 3.64. The largest absolute Gasteiger partial charge is 0.497 e. The Morgan fingerprint density at radius 2 is 1.06 bits per heavy atom. The molecule has 3 amide bonds. The zero-order chi connectivity index (χ0) is 50.4. The number of aryl methyl sites for hydroxylation is 1. The van der Waals surface area contributed by atoms with Gasteiger partial charge in [0.05, 0.1) is 39.7 Å². The molecule has 2 fully saturated rings. The van der Waals surface area contributed by atoms with Crippen molar-refractivity contribution < 1.29 is 27.5 Å². The normalized spacial score (nSPS) is 13.7. The molecule has 0 saturated carbocycles. The predicted molar refractivity (Wildman–Crippen MR) is 275 cm³/mol. The number of thiophene rings is 1. The Morgan fingerprint density at radius 3 is 1.50 bits per heavy atom. The number of sulfone groups is 1. The van der Waals surface area contributed by atoms with Gasteiger partial charge in [0, 0.05) is 50.4 Å². The van der Waals surface area contributed by atoms with Crippen LogP contribution >= 0.6 is 11.3 Å². The van der Waals surface area contributed by atoms with E-state index in [0.717, 1.165) is 73.7 Å². The molecule has 0 spiro atoms. The van der Waals surface area contributed by atoms with Crippen LogP contribution in [0.2, 0.25) is 0 Å². The molecule has 0 radical (unpaired) electrons. The third kappa shape index (κ3) is 13.8. The number of piperidine rings is 1. The summed E-state index contributed by atoms with van der Waals surface area (Å²) in [4.78, 5) is 69.0. The molecule has 18 nitrogen and oxygen atoms in total. The first-order valence-electron chi connectivity index (χ1n) is 23.5. The van der Waals surface area contributed by atoms with E-state index >= 15 is 0 Å². The number of hydrogen-bond acceptors (Lipinski definition) is 16. The molecule has 0 unspecified atom stereocenters. The maximum absolute atomic E-state index is 11.9. The number of ether oxygens (including phenoxy) is 1. The van der Waals surface area contributed by atoms with Gasteiger partial charge in [-0.3, -0.25) is 14.4 Å². The van der Waals surface area contributed by atoms with E-state index in [1.807, 2.05) is 49.9 Å². The van der Waals surface area contributed by atoms with Crippen LogP contribution < -0.4 is 36.6 Å². The Bertz CT molecular complexity index is 2840. The number of aromatic nitrogens is 6. The Kier molecular flexibility index (Phi) is 18.3. The summed E-state index contributed by atoms with van der Waals surface area (Å²) in [6, 6.07) is 20.9. The number of methoxy groups -OCH3 is 1. The second-order valence-electron chi connectivity index (χ2n) is 16.7. The van der Waals surface area contributed by atoms with Crippen LogP contribution in [-0.4, -0.2) is 108 Å². The number of nitrogens with two attached hydrogens (primary N) is 3. The predicted octanol–water partition coefficient (Wildman–Crippen LogP) is 7.12. The van der Waals surface area contributed by atoms with E-state index in [1.54, 1.807) is 49.6 Å². The summed E-state index contributed by atoms with van der Waals surface area (Å²) in [5, 5.41) is 2.07. The van der Waals surface area contributed by atoms with Gasteiger partial charge in [0.25, 0.3) is 17.7 Å². The molecule has 2 aliphatic heterocycles. The molecule has 6 aromatic rings. The molecule has 4 aromatic heterocycles. The molecule has 0 aliphatic carbocycles. The highest BCUT2D eigenvalue weighted by Crippen LogP contribution is 2.29. The SMILES string of the molecule is CCN(CC)c1nc(C(N)=O)cc(-c2ccc(S(=O)(=O)CC)cc2)n1.COc1ccc(-c2cc(C(N)=O)nc(N3CCCCCC3)n2)cc1.Cc1csc(-c2cc(C(N)=O)nc(N3CCCCC3)n2)c1. The Hall–Kier alpha value is -7.06. The van der Waals surface area contributed by atoms with Gasteiger partial charge in [-0.1, -0.05) is 31.9 Å². The maximum atomic E-state index is 11.9. The van der Waals surface area contributed by atoms with Crippen molar-refractivity contribution in [2.45, 2.75) is 77.5 Å². The molecular formula is C50H62N12O6S2. The lowest BCUT2D eigenvalue weighted by molar-refractivity contribution is 0.0987. The van der Waals surface area contributed by atoms with Crippen molar-refractivity contribution in [3.63, 3.8) is 0 Å². The number of nitrogens with zero attached hydrogens (tertiary/aromatic N) is 9. The van der Waals surface area contributed by atoms with Gasteiger partial charge >= 0.3 is 0 Å². The van der Waals surface area contributed by atoms with Crippen molar-refractivity contribution in [3.8, 4) is 38.8 Å². The molecule has 2 aliphatic rings. The molecule has 2 saturated heterocycles. The molecule has 6 heterocycles. The van der Waals surface area contributed by atoms with Crippen LogP contribution in [0.3, 0.4) is 0 Å². The summed E-state index contributed by atoms with van der Waals surface area (Å²) in [7, 11) is -1.64. The van der Waals surface area contributed by atoms with E-state index in [9.17, 15) is 22.8 Å². The van der Waals surface area contributed by atoms with Crippen LogP contribution in [0.1, 0.15) is 103 Å². The molecule has 2 aromatic carbocycles. The minimum absolute atomic E-state index is 0.0395. The number of primary amides is 3. The van der Waals surface area contributed by atoms with Gasteiger partial charge in [-0.05, 0) is 124 Å². The first kappa shape index (κ1) is 52.3. The first-order valence-corrected chi connectivity index (χ1v) is 26.0. The molecule has 8 rings (SSSR count). The van der Waals surface area contributed by atoms with Crippen LogP contribution in [0.5, 0.6) is 5.75 Å². The highest BCUT2D eigenvalue weighted by atomic mass is 32.2. The third-order valence-electron chi connectivity index (χ3n) is 11.7. The number of benzene rings is 2. The third-order valence-corrected chi connectivity index (χ3v) is 14.6. The van der Waals surface area contributed by atoms with Crippen LogP contribution in [0.4, 0.5) is 17.8 Å². The molecule has 20 heteroatoms. The smallest absolute Gasteiger partial charge is 0.267 e. The quantitative estimate of drug-likeness (QED) is 0.0982. The second kappa shape index (κ2) is 24.5. The van der Waals surface area contributed by atoms with Crippen molar-refractivity contribution in [1.82, 2.24) is 29.9 Å². The molecular weight excluding hydrogens is 929 g/mol. The fourth-order valence-electron chi connectivity index (χ4n) is 7.73. The van der Waals surface area contributed by atoms with Crippen molar-refractivity contribution in [1.29, 1.82) is 0 Å². The fourth-order valence-corrected chi connectivity index (χ4v) is 9.47. The Labute approximate surface area is 413 Å². The first-order chi connectivity index (χ1) is 33.6. The van der Waals surface area contributed by atoms with Gasteiger partial charge in [-0.2, -0.15) is 0 Å². The summed E-state index contributed by atoms with van der Waals surface area (Å²) >= 11 is 1.62. The summed E-state index contributed by atoms with van der Waals surface area (Å²) < 4.78 is 29.0. The maximum Gasteiger partial charge on any atom is 0.267 e. The van der Waals surface area contributed by atoms with E-state index in [2.05, 4.69) is 51.2 Å². The number of hydrogen-bond donors (Lipinski definition) is 3. The number of anilines is 3. The van der Waals surface area contributed by atoms with Gasteiger partial charge < -0.3 is 36.6 Å². The van der Waals surface area contributed by atoms with Gasteiger partial charge in [0.15, 0.2) is 9.84 Å². The number of amides is 3. The van der Waals surface area contributed by atoms with E-state index in [4.69, 9.17) is 21.9 Å². The van der Waals surface area contributed by atoms with Crippen molar-refractivity contribution >= 4 is 56.7 Å².